The molecule has 104 valence electrons. The highest BCUT2D eigenvalue weighted by Crippen LogP contribution is 2.27. The summed E-state index contributed by atoms with van der Waals surface area (Å²) in [6, 6.07) is 1.66. The summed E-state index contributed by atoms with van der Waals surface area (Å²) < 4.78 is 0. The van der Waals surface area contributed by atoms with Crippen LogP contribution >= 0.6 is 0 Å². The Morgan fingerprint density at radius 2 is 1.89 bits per heavy atom. The van der Waals surface area contributed by atoms with E-state index in [4.69, 9.17) is 0 Å². The van der Waals surface area contributed by atoms with Crippen molar-refractivity contribution in [2.24, 2.45) is 5.92 Å². The van der Waals surface area contributed by atoms with Gasteiger partial charge >= 0.3 is 0 Å². The molecule has 18 heavy (non-hydrogen) atoms. The molecule has 2 heterocycles. The molecule has 1 N–H and O–H groups in total. The second-order valence-corrected chi connectivity index (χ2v) is 6.53. The number of nitrogens with zero attached hydrogens (tertiary/aromatic N) is 2. The van der Waals surface area contributed by atoms with Crippen molar-refractivity contribution in [3.63, 3.8) is 0 Å². The van der Waals surface area contributed by atoms with Gasteiger partial charge in [-0.05, 0) is 45.2 Å². The Kier molecular flexibility index (Phi) is 4.22. The number of nitrogens with one attached hydrogen (secondary N) is 1. The molecule has 0 amide bonds. The van der Waals surface area contributed by atoms with Gasteiger partial charge in [0, 0.05) is 38.3 Å². The van der Waals surface area contributed by atoms with Crippen LogP contribution in [0.1, 0.15) is 38.5 Å². The Balaban J connectivity index is 1.52. The number of rotatable bonds is 3. The summed E-state index contributed by atoms with van der Waals surface area (Å²) in [5.74, 6) is 0.900. The summed E-state index contributed by atoms with van der Waals surface area (Å²) >= 11 is 0. The first-order valence-electron chi connectivity index (χ1n) is 8.00. The Morgan fingerprint density at radius 1 is 1.00 bits per heavy atom. The molecule has 0 aromatic rings. The van der Waals surface area contributed by atoms with Crippen LogP contribution < -0.4 is 5.32 Å². The molecular formula is C15H29N3. The van der Waals surface area contributed by atoms with Crippen LogP contribution in [0.25, 0.3) is 0 Å². The van der Waals surface area contributed by atoms with E-state index in [9.17, 15) is 0 Å². The second kappa shape index (κ2) is 5.89. The molecule has 0 radical (unpaired) electrons. The molecule has 3 unspecified atom stereocenters. The third-order valence-electron chi connectivity index (χ3n) is 5.44. The average Bonchev–Trinajstić information content (AvgIpc) is 2.87. The molecule has 3 aliphatic rings. The van der Waals surface area contributed by atoms with Crippen molar-refractivity contribution in [2.45, 2.75) is 50.6 Å². The van der Waals surface area contributed by atoms with Crippen LogP contribution in [0.4, 0.5) is 0 Å². The largest absolute Gasteiger partial charge is 0.317 e. The third kappa shape index (κ3) is 2.73. The van der Waals surface area contributed by atoms with Gasteiger partial charge < -0.3 is 10.2 Å². The summed E-state index contributed by atoms with van der Waals surface area (Å²) in [6.45, 7) is 6.68. The monoisotopic (exact) mass is 251 g/mol. The van der Waals surface area contributed by atoms with Gasteiger partial charge in [0.2, 0.25) is 0 Å². The molecule has 0 aromatic heterocycles. The van der Waals surface area contributed by atoms with Crippen LogP contribution in [-0.4, -0.2) is 61.7 Å². The molecule has 3 heteroatoms. The van der Waals surface area contributed by atoms with Crippen LogP contribution in [0.15, 0.2) is 0 Å². The fourth-order valence-electron chi connectivity index (χ4n) is 4.36. The lowest BCUT2D eigenvalue weighted by Crippen LogP contribution is -2.53. The van der Waals surface area contributed by atoms with E-state index in [-0.39, 0.29) is 0 Å². The summed E-state index contributed by atoms with van der Waals surface area (Å²) in [6.07, 6.45) is 8.59. The Bertz CT molecular complexity index is 268. The van der Waals surface area contributed by atoms with E-state index in [0.29, 0.717) is 0 Å². The lowest BCUT2D eigenvalue weighted by molar-refractivity contribution is 0.0785. The molecule has 0 aromatic carbocycles. The van der Waals surface area contributed by atoms with E-state index in [1.807, 2.05) is 0 Å². The van der Waals surface area contributed by atoms with Crippen LogP contribution in [0.2, 0.25) is 0 Å². The van der Waals surface area contributed by atoms with Crippen LogP contribution in [0.3, 0.4) is 0 Å². The zero-order valence-corrected chi connectivity index (χ0v) is 11.9. The summed E-state index contributed by atoms with van der Waals surface area (Å²) in [5, 5.41) is 3.55. The van der Waals surface area contributed by atoms with Gasteiger partial charge in [-0.3, -0.25) is 4.90 Å². The van der Waals surface area contributed by atoms with Crippen LogP contribution in [0, 0.1) is 5.92 Å². The van der Waals surface area contributed by atoms with Crippen molar-refractivity contribution in [2.75, 3.05) is 39.8 Å². The maximum atomic E-state index is 3.55. The molecule has 3 fully saturated rings. The fourth-order valence-corrected chi connectivity index (χ4v) is 4.36. The zero-order chi connectivity index (χ0) is 12.4. The van der Waals surface area contributed by atoms with Gasteiger partial charge in [0.05, 0.1) is 0 Å². The normalized spacial score (nSPS) is 38.8. The van der Waals surface area contributed by atoms with Crippen molar-refractivity contribution >= 4 is 0 Å². The quantitative estimate of drug-likeness (QED) is 0.821. The molecular weight excluding hydrogens is 222 g/mol. The zero-order valence-electron chi connectivity index (χ0n) is 11.9. The summed E-state index contributed by atoms with van der Waals surface area (Å²) in [7, 11) is 2.15. The predicted molar refractivity (Wildman–Crippen MR) is 75.8 cm³/mol. The van der Waals surface area contributed by atoms with Gasteiger partial charge in [0.25, 0.3) is 0 Å². The predicted octanol–water partition coefficient (Wildman–Crippen LogP) is 1.54. The standard InChI is InChI=1S/C15H29N3/c1-16-15-7-3-2-5-13(15)11-17-9-10-18-8-4-6-14(18)12-17/h13-16H,2-12H2,1H3. The first-order valence-corrected chi connectivity index (χ1v) is 8.00. The molecule has 3 nitrogen and oxygen atoms in total. The summed E-state index contributed by atoms with van der Waals surface area (Å²) in [5.41, 5.74) is 0. The molecule has 3 rings (SSSR count). The van der Waals surface area contributed by atoms with Gasteiger partial charge in [-0.2, -0.15) is 0 Å². The third-order valence-corrected chi connectivity index (χ3v) is 5.44. The van der Waals surface area contributed by atoms with Crippen molar-refractivity contribution < 1.29 is 0 Å². The molecule has 3 atom stereocenters. The maximum Gasteiger partial charge on any atom is 0.0224 e. The minimum absolute atomic E-state index is 0.778. The highest BCUT2D eigenvalue weighted by molar-refractivity contribution is 4.89. The highest BCUT2D eigenvalue weighted by atomic mass is 15.3. The average molecular weight is 251 g/mol. The van der Waals surface area contributed by atoms with Gasteiger partial charge in [0.15, 0.2) is 0 Å². The molecule has 2 aliphatic heterocycles. The van der Waals surface area contributed by atoms with Crippen molar-refractivity contribution in [3.8, 4) is 0 Å². The van der Waals surface area contributed by atoms with Crippen molar-refractivity contribution in [1.82, 2.24) is 15.1 Å². The number of hydrogen-bond acceptors (Lipinski definition) is 3. The minimum Gasteiger partial charge on any atom is -0.317 e. The van der Waals surface area contributed by atoms with E-state index in [1.54, 1.807) is 0 Å². The molecule has 2 saturated heterocycles. The Labute approximate surface area is 112 Å². The lowest BCUT2D eigenvalue weighted by atomic mass is 9.84. The Morgan fingerprint density at radius 3 is 2.78 bits per heavy atom. The first kappa shape index (κ1) is 12.9. The van der Waals surface area contributed by atoms with E-state index in [1.165, 1.54) is 71.2 Å². The second-order valence-electron chi connectivity index (χ2n) is 6.53. The smallest absolute Gasteiger partial charge is 0.0224 e. The Hall–Kier alpha value is -0.120. The first-order chi connectivity index (χ1) is 8.86. The number of hydrogen-bond donors (Lipinski definition) is 1. The topological polar surface area (TPSA) is 18.5 Å². The van der Waals surface area contributed by atoms with Gasteiger partial charge in [-0.25, -0.2) is 0 Å². The number of fused-ring (bicyclic) bond motifs is 1. The van der Waals surface area contributed by atoms with Gasteiger partial charge in [0.1, 0.15) is 0 Å². The molecule has 0 spiro atoms. The van der Waals surface area contributed by atoms with Crippen molar-refractivity contribution in [1.29, 1.82) is 0 Å². The number of piperazine rings is 1. The minimum atomic E-state index is 0.778. The lowest BCUT2D eigenvalue weighted by Gasteiger charge is -2.41. The molecule has 0 bridgehead atoms. The van der Waals surface area contributed by atoms with E-state index < -0.39 is 0 Å². The van der Waals surface area contributed by atoms with Crippen LogP contribution in [0.5, 0.6) is 0 Å². The van der Waals surface area contributed by atoms with Gasteiger partial charge in [-0.15, -0.1) is 0 Å². The summed E-state index contributed by atoms with van der Waals surface area (Å²) in [4.78, 5) is 5.47. The van der Waals surface area contributed by atoms with E-state index >= 15 is 0 Å². The van der Waals surface area contributed by atoms with E-state index in [2.05, 4.69) is 22.2 Å². The fraction of sp³-hybridized carbons (Fsp3) is 1.00. The highest BCUT2D eigenvalue weighted by Gasteiger charge is 2.33. The van der Waals surface area contributed by atoms with E-state index in [0.717, 1.165) is 18.0 Å². The maximum absolute atomic E-state index is 3.55. The van der Waals surface area contributed by atoms with Gasteiger partial charge in [-0.1, -0.05) is 12.8 Å². The SMILES string of the molecule is CNC1CCCCC1CN1CCN2CCCC2C1. The molecule has 1 saturated carbocycles. The van der Waals surface area contributed by atoms with Crippen LogP contribution in [-0.2, 0) is 0 Å². The molecule has 1 aliphatic carbocycles. The van der Waals surface area contributed by atoms with Crippen molar-refractivity contribution in [3.05, 3.63) is 0 Å².